The summed E-state index contributed by atoms with van der Waals surface area (Å²) in [5, 5.41) is 12.2. The van der Waals surface area contributed by atoms with Crippen molar-refractivity contribution in [2.75, 3.05) is 13.1 Å². The summed E-state index contributed by atoms with van der Waals surface area (Å²) in [6.45, 7) is 3.02. The lowest BCUT2D eigenvalue weighted by molar-refractivity contribution is 0.346. The van der Waals surface area contributed by atoms with Gasteiger partial charge in [-0.05, 0) is 43.5 Å². The van der Waals surface area contributed by atoms with E-state index in [0.29, 0.717) is 29.3 Å². The van der Waals surface area contributed by atoms with Crippen LogP contribution in [0.2, 0.25) is 0 Å². The smallest absolute Gasteiger partial charge is 0.207 e. The average Bonchev–Trinajstić information content (AvgIpc) is 3.10. The molecule has 1 aromatic carbocycles. The Morgan fingerprint density at radius 1 is 1.04 bits per heavy atom. The van der Waals surface area contributed by atoms with Crippen LogP contribution in [-0.2, 0) is 10.0 Å². The molecule has 0 unspecified atom stereocenters. The quantitative estimate of drug-likeness (QED) is 0.718. The molecule has 3 heterocycles. The number of benzene rings is 1. The molecule has 0 aliphatic carbocycles. The van der Waals surface area contributed by atoms with E-state index in [1.54, 1.807) is 14.9 Å². The summed E-state index contributed by atoms with van der Waals surface area (Å²) in [4.78, 5) is 0.359. The van der Waals surface area contributed by atoms with E-state index >= 15 is 0 Å². The van der Waals surface area contributed by atoms with Gasteiger partial charge in [-0.25, -0.2) is 8.42 Å². The van der Waals surface area contributed by atoms with Gasteiger partial charge in [0.05, 0.1) is 10.6 Å². The Kier molecular flexibility index (Phi) is 4.01. The number of piperidine rings is 1. The monoisotopic (exact) mass is 357 g/mol. The minimum absolute atomic E-state index is 0.359. The van der Waals surface area contributed by atoms with E-state index < -0.39 is 10.0 Å². The van der Waals surface area contributed by atoms with Gasteiger partial charge in [0.1, 0.15) is 6.33 Å². The fourth-order valence-corrected chi connectivity index (χ4v) is 4.93. The standard InChI is InChI=1S/C17H19N5O2S/c1-13-5-6-14(15-7-8-17-19-18-12-22(17)20-15)11-16(13)25(23,24)21-9-3-2-4-10-21/h5-8,11-12H,2-4,9-10H2,1H3. The van der Waals surface area contributed by atoms with E-state index in [9.17, 15) is 8.42 Å². The van der Waals surface area contributed by atoms with Crippen LogP contribution in [0.15, 0.2) is 41.6 Å². The first-order chi connectivity index (χ1) is 12.1. The van der Waals surface area contributed by atoms with Crippen molar-refractivity contribution in [3.8, 4) is 11.3 Å². The zero-order valence-corrected chi connectivity index (χ0v) is 14.8. The fourth-order valence-electron chi connectivity index (χ4n) is 3.16. The van der Waals surface area contributed by atoms with Gasteiger partial charge in [0.2, 0.25) is 10.0 Å². The molecular formula is C17H19N5O2S. The van der Waals surface area contributed by atoms with Crippen LogP contribution in [0.5, 0.6) is 0 Å². The van der Waals surface area contributed by atoms with E-state index in [4.69, 9.17) is 0 Å². The number of hydrogen-bond donors (Lipinski definition) is 0. The Labute approximate surface area is 146 Å². The molecule has 4 rings (SSSR count). The molecule has 0 spiro atoms. The highest BCUT2D eigenvalue weighted by molar-refractivity contribution is 7.89. The van der Waals surface area contributed by atoms with Gasteiger partial charge in [-0.3, -0.25) is 0 Å². The molecule has 1 saturated heterocycles. The third-order valence-corrected chi connectivity index (χ3v) is 6.62. The lowest BCUT2D eigenvalue weighted by Crippen LogP contribution is -2.35. The third kappa shape index (κ3) is 2.91. The van der Waals surface area contributed by atoms with Gasteiger partial charge < -0.3 is 0 Å². The molecule has 1 aliphatic rings. The Bertz CT molecular complexity index is 1020. The third-order valence-electron chi connectivity index (χ3n) is 4.58. The fraction of sp³-hybridized carbons (Fsp3) is 0.353. The predicted octanol–water partition coefficient (Wildman–Crippen LogP) is 2.27. The van der Waals surface area contributed by atoms with Crippen LogP contribution in [0.3, 0.4) is 0 Å². The van der Waals surface area contributed by atoms with Gasteiger partial charge in [-0.1, -0.05) is 18.6 Å². The first kappa shape index (κ1) is 16.2. The molecule has 0 bridgehead atoms. The number of aryl methyl sites for hydroxylation is 1. The van der Waals surface area contributed by atoms with Gasteiger partial charge in [0, 0.05) is 18.7 Å². The lowest BCUT2D eigenvalue weighted by atomic mass is 10.1. The number of fused-ring (bicyclic) bond motifs is 1. The minimum atomic E-state index is -3.48. The van der Waals surface area contributed by atoms with Crippen LogP contribution >= 0.6 is 0 Å². The van der Waals surface area contributed by atoms with Crippen molar-refractivity contribution >= 4 is 15.7 Å². The number of aromatic nitrogens is 4. The highest BCUT2D eigenvalue weighted by Crippen LogP contribution is 2.27. The zero-order valence-electron chi connectivity index (χ0n) is 14.0. The molecule has 0 N–H and O–H groups in total. The Morgan fingerprint density at radius 2 is 1.84 bits per heavy atom. The van der Waals surface area contributed by atoms with Crippen molar-refractivity contribution in [2.45, 2.75) is 31.1 Å². The topological polar surface area (TPSA) is 80.5 Å². The second-order valence-corrected chi connectivity index (χ2v) is 8.20. The maximum absolute atomic E-state index is 13.0. The number of nitrogens with zero attached hydrogens (tertiary/aromatic N) is 5. The van der Waals surface area contributed by atoms with E-state index in [0.717, 1.165) is 30.4 Å². The van der Waals surface area contributed by atoms with Gasteiger partial charge in [-0.15, -0.1) is 10.2 Å². The molecule has 3 aromatic rings. The average molecular weight is 357 g/mol. The van der Waals surface area contributed by atoms with Crippen LogP contribution in [0.25, 0.3) is 16.9 Å². The molecule has 0 amide bonds. The van der Waals surface area contributed by atoms with E-state index in [1.807, 2.05) is 31.2 Å². The summed E-state index contributed by atoms with van der Waals surface area (Å²) < 4.78 is 29.3. The maximum atomic E-state index is 13.0. The zero-order chi connectivity index (χ0) is 17.4. The van der Waals surface area contributed by atoms with Crippen LogP contribution in [0, 0.1) is 6.92 Å². The van der Waals surface area contributed by atoms with E-state index in [2.05, 4.69) is 15.3 Å². The van der Waals surface area contributed by atoms with Crippen LogP contribution < -0.4 is 0 Å². The first-order valence-corrected chi connectivity index (χ1v) is 9.78. The Morgan fingerprint density at radius 3 is 2.64 bits per heavy atom. The van der Waals surface area contributed by atoms with Gasteiger partial charge in [-0.2, -0.15) is 13.9 Å². The Hall–Kier alpha value is -2.32. The van der Waals surface area contributed by atoms with Crippen LogP contribution in [0.1, 0.15) is 24.8 Å². The van der Waals surface area contributed by atoms with Gasteiger partial charge in [0.15, 0.2) is 5.65 Å². The van der Waals surface area contributed by atoms with Crippen LogP contribution in [0.4, 0.5) is 0 Å². The van der Waals surface area contributed by atoms with E-state index in [-0.39, 0.29) is 0 Å². The highest BCUT2D eigenvalue weighted by atomic mass is 32.2. The molecule has 8 heteroatoms. The normalized spacial score (nSPS) is 16.4. The summed E-state index contributed by atoms with van der Waals surface area (Å²) in [6, 6.07) is 9.09. The van der Waals surface area contributed by atoms with Crippen molar-refractivity contribution < 1.29 is 8.42 Å². The molecule has 25 heavy (non-hydrogen) atoms. The number of rotatable bonds is 3. The van der Waals surface area contributed by atoms with Crippen molar-refractivity contribution in [1.29, 1.82) is 0 Å². The maximum Gasteiger partial charge on any atom is 0.243 e. The molecule has 0 atom stereocenters. The molecule has 0 radical (unpaired) electrons. The molecular weight excluding hydrogens is 338 g/mol. The van der Waals surface area contributed by atoms with Crippen molar-refractivity contribution in [2.24, 2.45) is 0 Å². The molecule has 2 aromatic heterocycles. The van der Waals surface area contributed by atoms with E-state index in [1.165, 1.54) is 6.33 Å². The number of sulfonamides is 1. The first-order valence-electron chi connectivity index (χ1n) is 8.34. The summed E-state index contributed by atoms with van der Waals surface area (Å²) in [5.41, 5.74) is 2.84. The second kappa shape index (κ2) is 6.20. The summed E-state index contributed by atoms with van der Waals surface area (Å²) in [6.07, 6.45) is 4.46. The summed E-state index contributed by atoms with van der Waals surface area (Å²) in [5.74, 6) is 0. The highest BCUT2D eigenvalue weighted by Gasteiger charge is 2.27. The largest absolute Gasteiger partial charge is 0.243 e. The number of hydrogen-bond acceptors (Lipinski definition) is 5. The molecule has 1 aliphatic heterocycles. The molecule has 1 fully saturated rings. The van der Waals surface area contributed by atoms with Crippen LogP contribution in [-0.4, -0.2) is 45.6 Å². The van der Waals surface area contributed by atoms with Crippen molar-refractivity contribution in [3.63, 3.8) is 0 Å². The summed E-state index contributed by atoms with van der Waals surface area (Å²) >= 11 is 0. The SMILES string of the molecule is Cc1ccc(-c2ccc3nncn3n2)cc1S(=O)(=O)N1CCCCC1. The van der Waals surface area contributed by atoms with Gasteiger partial charge >= 0.3 is 0 Å². The molecule has 130 valence electrons. The van der Waals surface area contributed by atoms with Gasteiger partial charge in [0.25, 0.3) is 0 Å². The second-order valence-electron chi connectivity index (χ2n) is 6.30. The van der Waals surface area contributed by atoms with Crippen molar-refractivity contribution in [3.05, 3.63) is 42.2 Å². The van der Waals surface area contributed by atoms with Crippen molar-refractivity contribution in [1.82, 2.24) is 24.1 Å². The predicted molar refractivity (Wildman–Crippen MR) is 93.6 cm³/mol. The lowest BCUT2D eigenvalue weighted by Gasteiger charge is -2.26. The summed E-state index contributed by atoms with van der Waals surface area (Å²) in [7, 11) is -3.48. The minimum Gasteiger partial charge on any atom is -0.207 e. The Balaban J connectivity index is 1.77. The molecule has 0 saturated carbocycles. The molecule has 7 nitrogen and oxygen atoms in total.